The predicted octanol–water partition coefficient (Wildman–Crippen LogP) is 6.02. The van der Waals surface area contributed by atoms with Gasteiger partial charge >= 0.3 is 0 Å². The van der Waals surface area contributed by atoms with Gasteiger partial charge < -0.3 is 24.0 Å². The predicted molar refractivity (Wildman–Crippen MR) is 141 cm³/mol. The Kier molecular flexibility index (Phi) is 6.09. The molecule has 0 bridgehead atoms. The van der Waals surface area contributed by atoms with Crippen molar-refractivity contribution < 1.29 is 13.6 Å². The molecular weight excluding hydrogens is 454 g/mol. The maximum atomic E-state index is 13.3. The van der Waals surface area contributed by atoms with Crippen molar-refractivity contribution in [2.24, 2.45) is 0 Å². The van der Waals surface area contributed by atoms with Gasteiger partial charge in [-0.3, -0.25) is 9.78 Å². The van der Waals surface area contributed by atoms with E-state index in [0.717, 1.165) is 74.3 Å². The van der Waals surface area contributed by atoms with Crippen molar-refractivity contribution in [3.8, 4) is 11.3 Å². The number of rotatable bonds is 5. The molecular formula is C28H31N5O3. The highest BCUT2D eigenvalue weighted by Gasteiger charge is 2.23. The SMILES string of the molecule is Cc1cc(-c2ccc(C(=O)Nc3cc4oc(N5CCCCC5)nc4cc3N3CCCCC3)o2)ccn1. The van der Waals surface area contributed by atoms with Crippen LogP contribution in [0, 0.1) is 6.92 Å². The Morgan fingerprint density at radius 3 is 2.39 bits per heavy atom. The lowest BCUT2D eigenvalue weighted by Crippen LogP contribution is -2.30. The van der Waals surface area contributed by atoms with Crippen molar-refractivity contribution in [1.82, 2.24) is 9.97 Å². The van der Waals surface area contributed by atoms with Gasteiger partial charge in [0.25, 0.3) is 11.9 Å². The molecule has 5 heterocycles. The van der Waals surface area contributed by atoms with Gasteiger partial charge in [0.2, 0.25) is 0 Å². The lowest BCUT2D eigenvalue weighted by molar-refractivity contribution is 0.0997. The van der Waals surface area contributed by atoms with Crippen LogP contribution in [0.25, 0.3) is 22.4 Å². The van der Waals surface area contributed by atoms with Gasteiger partial charge in [-0.2, -0.15) is 4.98 Å². The highest BCUT2D eigenvalue weighted by molar-refractivity contribution is 6.06. The third kappa shape index (κ3) is 4.55. The molecule has 3 aromatic heterocycles. The minimum absolute atomic E-state index is 0.260. The molecule has 2 aliphatic heterocycles. The second kappa shape index (κ2) is 9.68. The first-order chi connectivity index (χ1) is 17.6. The number of fused-ring (bicyclic) bond motifs is 1. The number of aromatic nitrogens is 2. The number of carbonyl (C=O) groups is 1. The molecule has 0 saturated carbocycles. The molecule has 0 radical (unpaired) electrons. The molecule has 2 aliphatic rings. The molecule has 6 rings (SSSR count). The smallest absolute Gasteiger partial charge is 0.298 e. The van der Waals surface area contributed by atoms with E-state index >= 15 is 0 Å². The summed E-state index contributed by atoms with van der Waals surface area (Å²) in [7, 11) is 0. The van der Waals surface area contributed by atoms with Gasteiger partial charge in [0.05, 0.1) is 11.4 Å². The highest BCUT2D eigenvalue weighted by atomic mass is 16.4. The highest BCUT2D eigenvalue weighted by Crippen LogP contribution is 2.36. The summed E-state index contributed by atoms with van der Waals surface area (Å²) >= 11 is 0. The summed E-state index contributed by atoms with van der Waals surface area (Å²) in [6.45, 7) is 5.77. The maximum absolute atomic E-state index is 13.3. The third-order valence-electron chi connectivity index (χ3n) is 7.08. The van der Waals surface area contributed by atoms with Crippen LogP contribution in [0.1, 0.15) is 54.8 Å². The first-order valence-corrected chi connectivity index (χ1v) is 12.9. The number of nitrogens with zero attached hydrogens (tertiary/aromatic N) is 4. The monoisotopic (exact) mass is 485 g/mol. The first-order valence-electron chi connectivity index (χ1n) is 12.9. The molecule has 2 fully saturated rings. The van der Waals surface area contributed by atoms with Crippen LogP contribution >= 0.6 is 0 Å². The van der Waals surface area contributed by atoms with Crippen molar-refractivity contribution in [2.75, 3.05) is 41.3 Å². The van der Waals surface area contributed by atoms with E-state index in [-0.39, 0.29) is 11.7 Å². The number of furan rings is 1. The fourth-order valence-corrected chi connectivity index (χ4v) is 5.17. The Labute approximate surface area is 210 Å². The molecule has 1 N–H and O–H groups in total. The molecule has 0 spiro atoms. The zero-order valence-corrected chi connectivity index (χ0v) is 20.6. The number of hydrogen-bond acceptors (Lipinski definition) is 7. The Morgan fingerprint density at radius 2 is 1.64 bits per heavy atom. The summed E-state index contributed by atoms with van der Waals surface area (Å²) in [6, 6.07) is 12.0. The maximum Gasteiger partial charge on any atom is 0.298 e. The van der Waals surface area contributed by atoms with Crippen LogP contribution in [0.2, 0.25) is 0 Å². The first kappa shape index (κ1) is 22.6. The van der Waals surface area contributed by atoms with E-state index in [0.29, 0.717) is 23.0 Å². The number of benzene rings is 1. The van der Waals surface area contributed by atoms with E-state index in [1.165, 1.54) is 12.8 Å². The summed E-state index contributed by atoms with van der Waals surface area (Å²) in [6.07, 6.45) is 8.80. The van der Waals surface area contributed by atoms with Crippen LogP contribution in [0.5, 0.6) is 0 Å². The standard InChI is InChI=1S/C28H31N5O3/c1-19-16-20(10-11-29-19)24-8-9-25(35-24)27(34)30-21-18-26-22(17-23(21)32-12-4-2-5-13-32)31-28(36-26)33-14-6-3-7-15-33/h8-11,16-18H,2-7,12-15H2,1H3,(H,30,34). The quantitative estimate of drug-likeness (QED) is 0.370. The molecule has 4 aromatic rings. The lowest BCUT2D eigenvalue weighted by Gasteiger charge is -2.30. The van der Waals surface area contributed by atoms with Gasteiger partial charge in [-0.25, -0.2) is 0 Å². The summed E-state index contributed by atoms with van der Waals surface area (Å²) in [5, 5.41) is 3.09. The summed E-state index contributed by atoms with van der Waals surface area (Å²) in [5.74, 6) is 0.606. The van der Waals surface area contributed by atoms with Gasteiger partial charge in [-0.1, -0.05) is 0 Å². The molecule has 0 unspecified atom stereocenters. The van der Waals surface area contributed by atoms with Crippen LogP contribution in [0.3, 0.4) is 0 Å². The van der Waals surface area contributed by atoms with Crippen molar-refractivity contribution in [3.05, 3.63) is 54.0 Å². The summed E-state index contributed by atoms with van der Waals surface area (Å²) in [5.41, 5.74) is 4.98. The van der Waals surface area contributed by atoms with Gasteiger partial charge in [0.15, 0.2) is 11.3 Å². The fraction of sp³-hybridized carbons (Fsp3) is 0.393. The molecule has 0 aliphatic carbocycles. The fourth-order valence-electron chi connectivity index (χ4n) is 5.17. The average molecular weight is 486 g/mol. The molecule has 2 saturated heterocycles. The van der Waals surface area contributed by atoms with Crippen molar-refractivity contribution >= 4 is 34.4 Å². The second-order valence-electron chi connectivity index (χ2n) is 9.73. The number of pyridine rings is 1. The summed E-state index contributed by atoms with van der Waals surface area (Å²) < 4.78 is 12.1. The largest absolute Gasteiger partial charge is 0.451 e. The number of hydrogen-bond donors (Lipinski definition) is 1. The van der Waals surface area contributed by atoms with Gasteiger partial charge in [0, 0.05) is 49.7 Å². The average Bonchev–Trinajstić information content (AvgIpc) is 3.57. The molecule has 0 atom stereocenters. The van der Waals surface area contributed by atoms with Crippen LogP contribution in [0.15, 0.2) is 51.4 Å². The van der Waals surface area contributed by atoms with Gasteiger partial charge in [-0.15, -0.1) is 0 Å². The van der Waals surface area contributed by atoms with Gasteiger partial charge in [-0.05, 0) is 75.8 Å². The van der Waals surface area contributed by atoms with E-state index in [1.54, 1.807) is 12.3 Å². The van der Waals surface area contributed by atoms with Crippen LogP contribution in [-0.2, 0) is 0 Å². The minimum atomic E-state index is -0.291. The molecule has 1 aromatic carbocycles. The number of nitrogens with one attached hydrogen (secondary N) is 1. The van der Waals surface area contributed by atoms with Crippen LogP contribution < -0.4 is 15.1 Å². The number of carbonyl (C=O) groups excluding carboxylic acids is 1. The zero-order chi connectivity index (χ0) is 24.5. The van der Waals surface area contributed by atoms with Crippen molar-refractivity contribution in [1.29, 1.82) is 0 Å². The Balaban J connectivity index is 1.31. The molecule has 1 amide bonds. The normalized spacial score (nSPS) is 16.5. The van der Waals surface area contributed by atoms with E-state index < -0.39 is 0 Å². The second-order valence-corrected chi connectivity index (χ2v) is 9.73. The Hall–Kier alpha value is -3.81. The third-order valence-corrected chi connectivity index (χ3v) is 7.08. The number of piperidine rings is 2. The van der Waals surface area contributed by atoms with E-state index in [1.807, 2.05) is 31.2 Å². The van der Waals surface area contributed by atoms with Crippen LogP contribution in [-0.4, -0.2) is 42.1 Å². The minimum Gasteiger partial charge on any atom is -0.451 e. The van der Waals surface area contributed by atoms with Crippen molar-refractivity contribution in [3.63, 3.8) is 0 Å². The van der Waals surface area contributed by atoms with E-state index in [4.69, 9.17) is 13.8 Å². The Bertz CT molecular complexity index is 1380. The number of oxazole rings is 1. The van der Waals surface area contributed by atoms with Gasteiger partial charge in [0.1, 0.15) is 11.3 Å². The molecule has 186 valence electrons. The number of amides is 1. The van der Waals surface area contributed by atoms with Crippen LogP contribution in [0.4, 0.5) is 17.4 Å². The zero-order valence-electron chi connectivity index (χ0n) is 20.6. The Morgan fingerprint density at radius 1 is 0.889 bits per heavy atom. The van der Waals surface area contributed by atoms with E-state index in [2.05, 4.69) is 26.2 Å². The molecule has 8 heteroatoms. The van der Waals surface area contributed by atoms with E-state index in [9.17, 15) is 4.79 Å². The molecule has 36 heavy (non-hydrogen) atoms. The lowest BCUT2D eigenvalue weighted by atomic mass is 10.1. The molecule has 8 nitrogen and oxygen atoms in total. The topological polar surface area (TPSA) is 87.6 Å². The van der Waals surface area contributed by atoms with Crippen molar-refractivity contribution in [2.45, 2.75) is 45.4 Å². The number of aryl methyl sites for hydroxylation is 1. The summed E-state index contributed by atoms with van der Waals surface area (Å²) in [4.78, 5) is 26.9. The number of anilines is 3.